The van der Waals surface area contributed by atoms with E-state index >= 15 is 0 Å². The van der Waals surface area contributed by atoms with Crippen LogP contribution in [0.4, 0.5) is 10.5 Å². The minimum Gasteiger partial charge on any atom is -0.433 e. The molecule has 0 aliphatic heterocycles. The van der Waals surface area contributed by atoms with Crippen molar-refractivity contribution in [1.82, 2.24) is 4.72 Å². The first-order valence-electron chi connectivity index (χ1n) is 5.21. The molecule has 0 radical (unpaired) electrons. The van der Waals surface area contributed by atoms with Gasteiger partial charge >= 0.3 is 6.09 Å². The summed E-state index contributed by atoms with van der Waals surface area (Å²) in [6.45, 7) is 1.36. The number of carbonyl (C=O) groups excluding carboxylic acids is 1. The molecule has 1 amide bonds. The number of nitrogens with one attached hydrogen (secondary N) is 1. The normalized spacial score (nSPS) is 12.0. The predicted octanol–water partition coefficient (Wildman–Crippen LogP) is 1.03. The van der Waals surface area contributed by atoms with E-state index in [1.807, 2.05) is 0 Å². The number of nitro benzene ring substituents is 1. The smallest absolute Gasteiger partial charge is 0.422 e. The second-order valence-electron chi connectivity index (χ2n) is 3.54. The molecule has 106 valence electrons. The third kappa shape index (κ3) is 3.69. The summed E-state index contributed by atoms with van der Waals surface area (Å²) in [6.07, 6.45) is 2.72. The number of amides is 1. The average Bonchev–Trinajstić information content (AvgIpc) is 2.37. The van der Waals surface area contributed by atoms with Gasteiger partial charge < -0.3 is 4.74 Å². The molecule has 20 heavy (non-hydrogen) atoms. The summed E-state index contributed by atoms with van der Waals surface area (Å²) in [5.41, 5.74) is -0.655. The van der Waals surface area contributed by atoms with Gasteiger partial charge in [-0.15, -0.1) is 6.42 Å². The minimum absolute atomic E-state index is 0.643. The maximum absolute atomic E-state index is 11.9. The van der Waals surface area contributed by atoms with E-state index in [1.54, 1.807) is 4.72 Å². The van der Waals surface area contributed by atoms with Crippen LogP contribution in [-0.2, 0) is 14.8 Å². The minimum atomic E-state index is -4.42. The molecule has 0 fully saturated rings. The number of benzene rings is 1. The summed E-state index contributed by atoms with van der Waals surface area (Å²) in [6, 6.07) is 4.59. The number of ether oxygens (including phenoxy) is 1. The molecule has 0 heterocycles. The maximum atomic E-state index is 11.9. The van der Waals surface area contributed by atoms with Crippen LogP contribution in [0.2, 0.25) is 0 Å². The van der Waals surface area contributed by atoms with Gasteiger partial charge in [-0.2, -0.15) is 0 Å². The van der Waals surface area contributed by atoms with Gasteiger partial charge in [0.25, 0.3) is 15.7 Å². The lowest BCUT2D eigenvalue weighted by atomic mass is 10.3. The van der Waals surface area contributed by atoms with Gasteiger partial charge in [0, 0.05) is 6.07 Å². The van der Waals surface area contributed by atoms with Crippen molar-refractivity contribution in [2.75, 3.05) is 0 Å². The van der Waals surface area contributed by atoms with Crippen molar-refractivity contribution in [3.8, 4) is 12.3 Å². The van der Waals surface area contributed by atoms with Crippen LogP contribution in [0.15, 0.2) is 29.2 Å². The summed E-state index contributed by atoms with van der Waals surface area (Å²) in [5.74, 6) is 2.06. The molecule has 0 aromatic heterocycles. The third-order valence-electron chi connectivity index (χ3n) is 2.09. The Balaban J connectivity index is 3.04. The Kier molecular flexibility index (Phi) is 4.66. The first-order chi connectivity index (χ1) is 9.27. The molecule has 1 aromatic rings. The molecule has 0 saturated carbocycles. The predicted molar refractivity (Wildman–Crippen MR) is 68.2 cm³/mol. The van der Waals surface area contributed by atoms with Gasteiger partial charge in [-0.05, 0) is 13.0 Å². The fraction of sp³-hybridized carbons (Fsp3) is 0.182. The number of nitro groups is 1. The molecule has 0 saturated heterocycles. The van der Waals surface area contributed by atoms with Crippen molar-refractivity contribution in [2.45, 2.75) is 17.9 Å². The summed E-state index contributed by atoms with van der Waals surface area (Å²) >= 11 is 0. The van der Waals surface area contributed by atoms with E-state index in [1.165, 1.54) is 19.1 Å². The summed E-state index contributed by atoms with van der Waals surface area (Å²) in [5, 5.41) is 10.7. The van der Waals surface area contributed by atoms with Crippen LogP contribution in [0, 0.1) is 22.5 Å². The summed E-state index contributed by atoms with van der Waals surface area (Å²) in [7, 11) is -4.42. The highest BCUT2D eigenvalue weighted by Crippen LogP contribution is 2.22. The van der Waals surface area contributed by atoms with Gasteiger partial charge in [-0.25, -0.2) is 17.9 Å². The lowest BCUT2D eigenvalue weighted by Crippen LogP contribution is -2.33. The molecule has 9 heteroatoms. The number of hydrogen-bond donors (Lipinski definition) is 1. The van der Waals surface area contributed by atoms with E-state index in [4.69, 9.17) is 6.42 Å². The van der Waals surface area contributed by atoms with Gasteiger partial charge in [0.05, 0.1) is 4.92 Å². The standard InChI is InChI=1S/C11H10N2O6S/c1-3-8(2)19-11(14)12-20(17,18)10-7-5-4-6-9(10)13(15)16/h1,4-8H,2H3,(H,12,14). The number of hydrogen-bond acceptors (Lipinski definition) is 6. The zero-order valence-corrected chi connectivity index (χ0v) is 11.1. The molecule has 1 aromatic carbocycles. The number of carbonyl (C=O) groups is 1. The first-order valence-corrected chi connectivity index (χ1v) is 6.69. The Morgan fingerprint density at radius 1 is 1.50 bits per heavy atom. The zero-order chi connectivity index (χ0) is 15.3. The second kappa shape index (κ2) is 6.03. The van der Waals surface area contributed by atoms with Crippen molar-refractivity contribution in [3.05, 3.63) is 34.4 Å². The Labute approximate surface area is 114 Å². The summed E-state index contributed by atoms with van der Waals surface area (Å²) in [4.78, 5) is 20.5. The zero-order valence-electron chi connectivity index (χ0n) is 10.3. The number of terminal acetylenes is 1. The second-order valence-corrected chi connectivity index (χ2v) is 5.20. The highest BCUT2D eigenvalue weighted by atomic mass is 32.2. The number of rotatable bonds is 4. The van der Waals surface area contributed by atoms with Crippen LogP contribution in [0.25, 0.3) is 0 Å². The number of nitrogens with zero attached hydrogens (tertiary/aromatic N) is 1. The molecule has 1 atom stereocenters. The van der Waals surface area contributed by atoms with Crippen LogP contribution in [0.1, 0.15) is 6.92 Å². The number of para-hydroxylation sites is 1. The van der Waals surface area contributed by atoms with E-state index < -0.39 is 37.7 Å². The first kappa shape index (κ1) is 15.5. The van der Waals surface area contributed by atoms with E-state index in [2.05, 4.69) is 10.7 Å². The van der Waals surface area contributed by atoms with Gasteiger partial charge in [0.1, 0.15) is 0 Å². The highest BCUT2D eigenvalue weighted by Gasteiger charge is 2.27. The van der Waals surface area contributed by atoms with Gasteiger partial charge in [0.2, 0.25) is 0 Å². The summed E-state index contributed by atoms with van der Waals surface area (Å²) < 4.78 is 29.8. The fourth-order valence-corrected chi connectivity index (χ4v) is 2.27. The van der Waals surface area contributed by atoms with Crippen molar-refractivity contribution in [3.63, 3.8) is 0 Å². The molecule has 1 rings (SSSR count). The van der Waals surface area contributed by atoms with Crippen LogP contribution in [0.3, 0.4) is 0 Å². The number of sulfonamides is 1. The fourth-order valence-electron chi connectivity index (χ4n) is 1.22. The Morgan fingerprint density at radius 2 is 2.10 bits per heavy atom. The van der Waals surface area contributed by atoms with Crippen molar-refractivity contribution in [2.24, 2.45) is 0 Å². The van der Waals surface area contributed by atoms with Crippen LogP contribution in [-0.4, -0.2) is 25.5 Å². The molecule has 0 aliphatic carbocycles. The molecule has 0 spiro atoms. The molecule has 8 nitrogen and oxygen atoms in total. The SMILES string of the molecule is C#CC(C)OC(=O)NS(=O)(=O)c1ccccc1[N+](=O)[O-]. The van der Waals surface area contributed by atoms with Crippen molar-refractivity contribution in [1.29, 1.82) is 0 Å². The van der Waals surface area contributed by atoms with Gasteiger partial charge in [0.15, 0.2) is 11.0 Å². The molecule has 1 unspecified atom stereocenters. The van der Waals surface area contributed by atoms with Crippen LogP contribution < -0.4 is 4.72 Å². The maximum Gasteiger partial charge on any atom is 0.422 e. The Bertz CT molecular complexity index is 676. The van der Waals surface area contributed by atoms with Crippen molar-refractivity contribution < 1.29 is 22.9 Å². The monoisotopic (exact) mass is 298 g/mol. The lowest BCUT2D eigenvalue weighted by Gasteiger charge is -2.09. The van der Waals surface area contributed by atoms with Crippen LogP contribution >= 0.6 is 0 Å². The topological polar surface area (TPSA) is 116 Å². The Hall–Kier alpha value is -2.60. The van der Waals surface area contributed by atoms with Crippen LogP contribution in [0.5, 0.6) is 0 Å². The molecule has 0 bridgehead atoms. The highest BCUT2D eigenvalue weighted by molar-refractivity contribution is 7.90. The molecule has 1 N–H and O–H groups in total. The average molecular weight is 298 g/mol. The van der Waals surface area contributed by atoms with Gasteiger partial charge in [-0.1, -0.05) is 18.1 Å². The largest absolute Gasteiger partial charge is 0.433 e. The van der Waals surface area contributed by atoms with E-state index in [9.17, 15) is 23.3 Å². The van der Waals surface area contributed by atoms with E-state index in [0.29, 0.717) is 0 Å². The van der Waals surface area contributed by atoms with Gasteiger partial charge in [-0.3, -0.25) is 10.1 Å². The Morgan fingerprint density at radius 3 is 2.65 bits per heavy atom. The lowest BCUT2D eigenvalue weighted by molar-refractivity contribution is -0.387. The van der Waals surface area contributed by atoms with E-state index in [-0.39, 0.29) is 0 Å². The van der Waals surface area contributed by atoms with E-state index in [0.717, 1.165) is 12.1 Å². The third-order valence-corrected chi connectivity index (χ3v) is 3.45. The quantitative estimate of drug-likeness (QED) is 0.504. The molecular weight excluding hydrogens is 288 g/mol. The molecule has 0 aliphatic rings. The molecular formula is C11H10N2O6S. The van der Waals surface area contributed by atoms with Crippen molar-refractivity contribution >= 4 is 21.8 Å².